The van der Waals surface area contributed by atoms with Gasteiger partial charge in [0.1, 0.15) is 10.8 Å². The van der Waals surface area contributed by atoms with Crippen LogP contribution in [0.3, 0.4) is 0 Å². The average molecular weight is 588 g/mol. The van der Waals surface area contributed by atoms with Crippen LogP contribution >= 0.6 is 11.3 Å². The van der Waals surface area contributed by atoms with E-state index in [2.05, 4.69) is 31.0 Å². The highest BCUT2D eigenvalue weighted by Gasteiger charge is 2.37. The number of nitrogens with one attached hydrogen (secondary N) is 2. The van der Waals surface area contributed by atoms with Crippen LogP contribution in [0, 0.1) is 5.82 Å². The maximum absolute atomic E-state index is 15.2. The van der Waals surface area contributed by atoms with Crippen LogP contribution in [0.15, 0.2) is 36.4 Å². The minimum Gasteiger partial charge on any atom is -0.384 e. The summed E-state index contributed by atoms with van der Waals surface area (Å²) in [7, 11) is -1.07. The van der Waals surface area contributed by atoms with Gasteiger partial charge in [0.05, 0.1) is 36.2 Å². The fourth-order valence-corrected chi connectivity index (χ4v) is 6.97. The molecule has 1 aliphatic carbocycles. The van der Waals surface area contributed by atoms with Gasteiger partial charge < -0.3 is 15.4 Å². The molecule has 1 unspecified atom stereocenters. The van der Waals surface area contributed by atoms with E-state index >= 15 is 4.39 Å². The summed E-state index contributed by atoms with van der Waals surface area (Å²) in [5.41, 5.74) is 1.78. The number of carbonyl (C=O) groups is 2. The van der Waals surface area contributed by atoms with Gasteiger partial charge >= 0.3 is 0 Å². The highest BCUT2D eigenvalue weighted by molar-refractivity contribution is 7.92. The third-order valence-corrected chi connectivity index (χ3v) is 9.34. The number of nitrogens with zero attached hydrogens (tertiary/aromatic N) is 5. The highest BCUT2D eigenvalue weighted by atomic mass is 32.2. The largest absolute Gasteiger partial charge is 0.384 e. The van der Waals surface area contributed by atoms with Crippen molar-refractivity contribution in [2.75, 3.05) is 26.0 Å². The number of tetrazole rings is 1. The summed E-state index contributed by atoms with van der Waals surface area (Å²) in [5, 5.41) is 15.4. The third-order valence-electron chi connectivity index (χ3n) is 6.22. The SMILES string of the molecule is COCCS(=O)(=O)C(C(=O)NCC(=O)NC1CC1)c1nc2cc(F)c(-c3ccc(-c4nnn(C)n4)cc3)cc2s1. The number of aryl methyl sites for hydroxylation is 1. The number of sulfone groups is 1. The van der Waals surface area contributed by atoms with Gasteiger partial charge in [0.2, 0.25) is 17.6 Å². The molecule has 5 rings (SSSR count). The molecule has 1 atom stereocenters. The second kappa shape index (κ2) is 11.3. The Kier molecular flexibility index (Phi) is 7.87. The molecule has 0 saturated heterocycles. The van der Waals surface area contributed by atoms with Crippen LogP contribution in [0.5, 0.6) is 0 Å². The lowest BCUT2D eigenvalue weighted by Crippen LogP contribution is -2.41. The van der Waals surface area contributed by atoms with Crippen molar-refractivity contribution in [2.45, 2.75) is 24.1 Å². The van der Waals surface area contributed by atoms with E-state index < -0.39 is 38.5 Å². The summed E-state index contributed by atoms with van der Waals surface area (Å²) in [6.45, 7) is -0.493. The van der Waals surface area contributed by atoms with E-state index in [0.717, 1.165) is 24.2 Å². The van der Waals surface area contributed by atoms with E-state index in [9.17, 15) is 18.0 Å². The number of amides is 2. The topological polar surface area (TPSA) is 158 Å². The Labute approximate surface area is 232 Å². The fraction of sp³-hybridized carbons (Fsp3) is 0.360. The van der Waals surface area contributed by atoms with Crippen LogP contribution in [0.25, 0.3) is 32.7 Å². The molecule has 2 aromatic carbocycles. The van der Waals surface area contributed by atoms with Crippen molar-refractivity contribution < 1.29 is 27.1 Å². The first-order valence-corrected chi connectivity index (χ1v) is 14.9. The number of methoxy groups -OCH3 is 1. The van der Waals surface area contributed by atoms with Crippen LogP contribution < -0.4 is 10.6 Å². The number of rotatable bonds is 11. The van der Waals surface area contributed by atoms with Gasteiger partial charge in [-0.1, -0.05) is 24.3 Å². The lowest BCUT2D eigenvalue weighted by atomic mass is 10.0. The Balaban J connectivity index is 1.44. The molecule has 1 aliphatic rings. The van der Waals surface area contributed by atoms with Crippen LogP contribution in [-0.4, -0.2) is 77.5 Å². The molecular weight excluding hydrogens is 561 g/mol. The van der Waals surface area contributed by atoms with E-state index in [1.54, 1.807) is 37.4 Å². The van der Waals surface area contributed by atoms with Gasteiger partial charge in [-0.15, -0.1) is 21.5 Å². The van der Waals surface area contributed by atoms with Crippen molar-refractivity contribution in [3.8, 4) is 22.5 Å². The van der Waals surface area contributed by atoms with Crippen molar-refractivity contribution in [3.63, 3.8) is 0 Å². The molecule has 0 bridgehead atoms. The smallest absolute Gasteiger partial charge is 0.245 e. The molecule has 2 amide bonds. The molecule has 12 nitrogen and oxygen atoms in total. The normalized spacial score (nSPS) is 14.3. The van der Waals surface area contributed by atoms with Gasteiger partial charge in [0.15, 0.2) is 15.1 Å². The molecule has 15 heteroatoms. The second-order valence-corrected chi connectivity index (χ2v) is 12.6. The first-order valence-electron chi connectivity index (χ1n) is 12.4. The standard InChI is InChI=1S/C25H26FN7O5S2/c1-33-31-23(30-32-33)15-5-3-14(4-6-15)17-11-20-19(12-18(17)26)29-25(39-20)22(40(36,37)10-9-38-2)24(35)27-13-21(34)28-16-7-8-16/h3-6,11-12,16,22H,7-10,13H2,1-2H3,(H,27,35)(H,28,34). The Hall–Kier alpha value is -3.82. The highest BCUT2D eigenvalue weighted by Crippen LogP contribution is 2.36. The molecule has 0 radical (unpaired) electrons. The van der Waals surface area contributed by atoms with Crippen molar-refractivity contribution >= 4 is 43.2 Å². The predicted octanol–water partition coefficient (Wildman–Crippen LogP) is 1.79. The summed E-state index contributed by atoms with van der Waals surface area (Å²) in [6, 6.07) is 9.81. The fourth-order valence-electron chi connectivity index (χ4n) is 4.01. The number of ether oxygens (including phenoxy) is 1. The monoisotopic (exact) mass is 587 g/mol. The van der Waals surface area contributed by atoms with Crippen LogP contribution in [0.2, 0.25) is 0 Å². The lowest BCUT2D eigenvalue weighted by molar-refractivity contribution is -0.126. The zero-order valence-electron chi connectivity index (χ0n) is 21.6. The zero-order valence-corrected chi connectivity index (χ0v) is 23.3. The first kappa shape index (κ1) is 27.7. The number of thiazole rings is 1. The van der Waals surface area contributed by atoms with E-state index in [1.165, 1.54) is 18.0 Å². The molecule has 1 saturated carbocycles. The molecule has 210 valence electrons. The summed E-state index contributed by atoms with van der Waals surface area (Å²) in [5.74, 6) is -1.84. The molecule has 1 fully saturated rings. The number of fused-ring (bicyclic) bond motifs is 1. The number of hydrogen-bond donors (Lipinski definition) is 2. The van der Waals surface area contributed by atoms with Gasteiger partial charge in [-0.3, -0.25) is 9.59 Å². The summed E-state index contributed by atoms with van der Waals surface area (Å²) < 4.78 is 47.0. The van der Waals surface area contributed by atoms with Gasteiger partial charge in [-0.25, -0.2) is 17.8 Å². The van der Waals surface area contributed by atoms with Crippen molar-refractivity contribution in [3.05, 3.63) is 47.2 Å². The predicted molar refractivity (Wildman–Crippen MR) is 145 cm³/mol. The Morgan fingerprint density at radius 3 is 2.58 bits per heavy atom. The van der Waals surface area contributed by atoms with Crippen molar-refractivity contribution in [1.82, 2.24) is 35.8 Å². The van der Waals surface area contributed by atoms with Crippen molar-refractivity contribution in [1.29, 1.82) is 0 Å². The van der Waals surface area contributed by atoms with E-state index in [-0.39, 0.29) is 35.3 Å². The van der Waals surface area contributed by atoms with Crippen LogP contribution in [-0.2, 0) is 31.2 Å². The van der Waals surface area contributed by atoms with Crippen LogP contribution in [0.1, 0.15) is 23.1 Å². The maximum atomic E-state index is 15.2. The van der Waals surface area contributed by atoms with Crippen molar-refractivity contribution in [2.24, 2.45) is 7.05 Å². The zero-order chi connectivity index (χ0) is 28.4. The maximum Gasteiger partial charge on any atom is 0.245 e. The summed E-state index contributed by atoms with van der Waals surface area (Å²) >= 11 is 0.979. The third kappa shape index (κ3) is 6.16. The van der Waals surface area contributed by atoms with Crippen LogP contribution in [0.4, 0.5) is 4.39 Å². The molecule has 40 heavy (non-hydrogen) atoms. The molecule has 4 aromatic rings. The van der Waals surface area contributed by atoms with E-state index in [4.69, 9.17) is 4.74 Å². The number of benzene rings is 2. The molecule has 2 heterocycles. The van der Waals surface area contributed by atoms with Gasteiger partial charge in [0, 0.05) is 30.3 Å². The number of carbonyl (C=O) groups excluding carboxylic acids is 2. The average Bonchev–Trinajstić information content (AvgIpc) is 3.48. The Bertz CT molecular complexity index is 1670. The second-order valence-electron chi connectivity index (χ2n) is 9.33. The number of halogens is 1. The van der Waals surface area contributed by atoms with E-state index in [1.807, 2.05) is 0 Å². The molecule has 2 aromatic heterocycles. The van der Waals surface area contributed by atoms with E-state index in [0.29, 0.717) is 21.7 Å². The first-order chi connectivity index (χ1) is 19.1. The molecular formula is C25H26FN7O5S2. The lowest BCUT2D eigenvalue weighted by Gasteiger charge is -2.15. The Morgan fingerprint density at radius 1 is 1.20 bits per heavy atom. The minimum atomic E-state index is -4.08. The minimum absolute atomic E-state index is 0.0215. The van der Waals surface area contributed by atoms with Gasteiger partial charge in [-0.05, 0) is 29.7 Å². The van der Waals surface area contributed by atoms with Gasteiger partial charge in [-0.2, -0.15) is 4.80 Å². The molecule has 0 spiro atoms. The molecule has 2 N–H and O–H groups in total. The quantitative estimate of drug-likeness (QED) is 0.267. The Morgan fingerprint density at radius 2 is 1.93 bits per heavy atom. The summed E-state index contributed by atoms with van der Waals surface area (Å²) in [4.78, 5) is 30.8. The molecule has 0 aliphatic heterocycles. The number of hydrogen-bond acceptors (Lipinski definition) is 10. The summed E-state index contributed by atoms with van der Waals surface area (Å²) in [6.07, 6.45) is 1.75. The number of aromatic nitrogens is 5. The van der Waals surface area contributed by atoms with Gasteiger partial charge in [0.25, 0.3) is 0 Å².